The third-order valence-corrected chi connectivity index (χ3v) is 9.67. The Labute approximate surface area is 208 Å². The molecule has 35 heavy (non-hydrogen) atoms. The Kier molecular flexibility index (Phi) is 5.70. The van der Waals surface area contributed by atoms with E-state index in [4.69, 9.17) is 10.2 Å². The predicted octanol–water partition coefficient (Wildman–Crippen LogP) is 6.68. The monoisotopic (exact) mass is 468 g/mol. The van der Waals surface area contributed by atoms with E-state index in [1.807, 2.05) is 42.6 Å². The van der Waals surface area contributed by atoms with Crippen LogP contribution in [0.15, 0.2) is 70.6 Å². The first kappa shape index (κ1) is 22.4. The van der Waals surface area contributed by atoms with Gasteiger partial charge < -0.3 is 0 Å². The van der Waals surface area contributed by atoms with E-state index in [-0.39, 0.29) is 5.41 Å². The van der Waals surface area contributed by atoms with Crippen molar-refractivity contribution in [1.82, 2.24) is 9.97 Å². The van der Waals surface area contributed by atoms with Crippen molar-refractivity contribution in [2.45, 2.75) is 65.2 Å². The smallest absolute Gasteiger partial charge is 0.146 e. The van der Waals surface area contributed by atoms with Crippen molar-refractivity contribution in [2.24, 2.45) is 38.8 Å². The van der Waals surface area contributed by atoms with Crippen molar-refractivity contribution in [3.05, 3.63) is 60.4 Å². The average molecular weight is 469 g/mol. The van der Waals surface area contributed by atoms with Gasteiger partial charge in [0.15, 0.2) is 0 Å². The zero-order valence-corrected chi connectivity index (χ0v) is 20.9. The van der Waals surface area contributed by atoms with E-state index in [2.05, 4.69) is 40.7 Å². The van der Waals surface area contributed by atoms with E-state index >= 15 is 0 Å². The van der Waals surface area contributed by atoms with Crippen LogP contribution in [-0.2, 0) is 0 Å². The molecule has 0 aromatic carbocycles. The fourth-order valence-electron chi connectivity index (χ4n) is 7.74. The standard InChI is InChI=1S/C29H36N6/c1-28-15-13-21(32-34-26-7-3-5-17-30-26)19-20(28)9-10-22-23-11-12-25(29(23,2)16-14-24(22)28)33-35-27-8-4-6-18-31-27/h3-8,17-19,22-24H,9-16H2,1-2H3,(H,30,34)(H,31,35)/b32-21+,33-25+/t22-,23-,24-,28-,29-/m0/s1. The number of nitrogens with one attached hydrogen (secondary N) is 2. The highest BCUT2D eigenvalue weighted by atomic mass is 15.3. The summed E-state index contributed by atoms with van der Waals surface area (Å²) >= 11 is 0. The van der Waals surface area contributed by atoms with Crippen LogP contribution in [0.5, 0.6) is 0 Å². The minimum absolute atomic E-state index is 0.217. The Balaban J connectivity index is 1.19. The SMILES string of the molecule is C[C@]12CC/C(=N\Nc3ccccn3)C=C1CC[C@@H]1[C@@H]2CC[C@]2(C)/C(=N/Nc3ccccn3)CC[C@@H]12. The van der Waals surface area contributed by atoms with Crippen molar-refractivity contribution < 1.29 is 0 Å². The van der Waals surface area contributed by atoms with E-state index in [0.717, 1.165) is 47.9 Å². The van der Waals surface area contributed by atoms with Gasteiger partial charge in [-0.3, -0.25) is 10.9 Å². The highest BCUT2D eigenvalue weighted by Crippen LogP contribution is 2.64. The molecule has 0 radical (unpaired) electrons. The molecule has 182 valence electrons. The molecule has 3 fully saturated rings. The maximum absolute atomic E-state index is 4.91. The van der Waals surface area contributed by atoms with E-state index in [1.165, 1.54) is 44.2 Å². The van der Waals surface area contributed by atoms with Gasteiger partial charge in [0.05, 0.1) is 5.71 Å². The molecule has 2 heterocycles. The quantitative estimate of drug-likeness (QED) is 0.491. The lowest BCUT2D eigenvalue weighted by Gasteiger charge is -2.57. The molecule has 3 saturated carbocycles. The molecule has 4 aliphatic carbocycles. The number of hydrazone groups is 2. The number of fused-ring (bicyclic) bond motifs is 5. The van der Waals surface area contributed by atoms with Crippen LogP contribution in [0.4, 0.5) is 11.6 Å². The summed E-state index contributed by atoms with van der Waals surface area (Å²) in [6.07, 6.45) is 15.7. The number of hydrogen-bond donors (Lipinski definition) is 2. The Morgan fingerprint density at radius 3 is 2.20 bits per heavy atom. The van der Waals surface area contributed by atoms with Crippen LogP contribution in [0.3, 0.4) is 0 Å². The van der Waals surface area contributed by atoms with Gasteiger partial charge in [0.1, 0.15) is 11.6 Å². The van der Waals surface area contributed by atoms with E-state index in [1.54, 1.807) is 11.8 Å². The van der Waals surface area contributed by atoms with Gasteiger partial charge in [-0.15, -0.1) is 0 Å². The molecule has 6 heteroatoms. The molecule has 5 atom stereocenters. The van der Waals surface area contributed by atoms with Crippen LogP contribution in [-0.4, -0.2) is 21.4 Å². The Morgan fingerprint density at radius 1 is 0.771 bits per heavy atom. The summed E-state index contributed by atoms with van der Waals surface area (Å²) in [5, 5.41) is 9.61. The topological polar surface area (TPSA) is 74.6 Å². The summed E-state index contributed by atoms with van der Waals surface area (Å²) in [7, 11) is 0. The van der Waals surface area contributed by atoms with Gasteiger partial charge in [0, 0.05) is 23.5 Å². The van der Waals surface area contributed by atoms with Crippen LogP contribution in [0, 0.1) is 28.6 Å². The largest absolute Gasteiger partial charge is 0.261 e. The fraction of sp³-hybridized carbons (Fsp3) is 0.517. The van der Waals surface area contributed by atoms with Crippen LogP contribution in [0.25, 0.3) is 0 Å². The Hall–Kier alpha value is -3.02. The van der Waals surface area contributed by atoms with E-state index in [9.17, 15) is 0 Å². The van der Waals surface area contributed by atoms with Crippen LogP contribution in [0.1, 0.15) is 65.2 Å². The van der Waals surface area contributed by atoms with Crippen LogP contribution >= 0.6 is 0 Å². The minimum Gasteiger partial charge on any atom is -0.261 e. The Bertz CT molecular complexity index is 1160. The van der Waals surface area contributed by atoms with Gasteiger partial charge in [-0.25, -0.2) is 9.97 Å². The summed E-state index contributed by atoms with van der Waals surface area (Å²) < 4.78 is 0. The lowest BCUT2D eigenvalue weighted by molar-refractivity contribution is -0.0154. The second-order valence-electron chi connectivity index (χ2n) is 11.3. The molecule has 0 amide bonds. The van der Waals surface area contributed by atoms with E-state index in [0.29, 0.717) is 5.41 Å². The first-order valence-electron chi connectivity index (χ1n) is 13.2. The summed E-state index contributed by atoms with van der Waals surface area (Å²) in [5.41, 5.74) is 11.1. The molecule has 0 unspecified atom stereocenters. The predicted molar refractivity (Wildman–Crippen MR) is 142 cm³/mol. The van der Waals surface area contributed by atoms with Crippen LogP contribution < -0.4 is 10.9 Å². The first-order valence-corrected chi connectivity index (χ1v) is 13.2. The van der Waals surface area contributed by atoms with Crippen molar-refractivity contribution in [2.75, 3.05) is 10.9 Å². The number of nitrogens with zero attached hydrogens (tertiary/aromatic N) is 4. The molecule has 2 aromatic rings. The molecule has 6 rings (SSSR count). The summed E-state index contributed by atoms with van der Waals surface area (Å²) in [6, 6.07) is 11.8. The first-order chi connectivity index (χ1) is 17.1. The van der Waals surface area contributed by atoms with E-state index < -0.39 is 0 Å². The molecule has 0 bridgehead atoms. The normalized spacial score (nSPS) is 36.2. The third kappa shape index (κ3) is 3.97. The van der Waals surface area contributed by atoms with Crippen molar-refractivity contribution in [3.8, 4) is 0 Å². The van der Waals surface area contributed by atoms with Crippen LogP contribution in [0.2, 0.25) is 0 Å². The lowest BCUT2D eigenvalue weighted by atomic mass is 9.47. The molecule has 2 aromatic heterocycles. The molecule has 0 aliphatic heterocycles. The maximum Gasteiger partial charge on any atom is 0.146 e. The van der Waals surface area contributed by atoms with Crippen molar-refractivity contribution in [3.63, 3.8) is 0 Å². The number of pyridine rings is 2. The number of anilines is 2. The van der Waals surface area contributed by atoms with Gasteiger partial charge in [-0.1, -0.05) is 31.6 Å². The van der Waals surface area contributed by atoms with Crippen molar-refractivity contribution in [1.29, 1.82) is 0 Å². The lowest BCUT2D eigenvalue weighted by Crippen LogP contribution is -2.50. The van der Waals surface area contributed by atoms with Gasteiger partial charge in [0.2, 0.25) is 0 Å². The molecule has 4 aliphatic rings. The van der Waals surface area contributed by atoms with Gasteiger partial charge in [0.25, 0.3) is 0 Å². The molecule has 0 spiro atoms. The molecule has 2 N–H and O–H groups in total. The van der Waals surface area contributed by atoms with Gasteiger partial charge >= 0.3 is 0 Å². The van der Waals surface area contributed by atoms with Gasteiger partial charge in [-0.2, -0.15) is 10.2 Å². The summed E-state index contributed by atoms with van der Waals surface area (Å²) in [4.78, 5) is 8.71. The zero-order chi connectivity index (χ0) is 23.9. The summed E-state index contributed by atoms with van der Waals surface area (Å²) in [6.45, 7) is 5.04. The maximum atomic E-state index is 4.91. The second-order valence-corrected chi connectivity index (χ2v) is 11.3. The average Bonchev–Trinajstić information content (AvgIpc) is 3.23. The molecular weight excluding hydrogens is 432 g/mol. The van der Waals surface area contributed by atoms with Gasteiger partial charge in [-0.05, 0) is 105 Å². The number of allylic oxidation sites excluding steroid dienone is 2. The second kappa shape index (κ2) is 8.89. The number of aromatic nitrogens is 2. The third-order valence-electron chi connectivity index (χ3n) is 9.67. The summed E-state index contributed by atoms with van der Waals surface area (Å²) in [5.74, 6) is 3.94. The highest BCUT2D eigenvalue weighted by molar-refractivity contribution is 5.97. The molecule has 0 saturated heterocycles. The Morgan fingerprint density at radius 2 is 1.49 bits per heavy atom. The highest BCUT2D eigenvalue weighted by Gasteiger charge is 2.58. The minimum atomic E-state index is 0.217. The number of rotatable bonds is 4. The molecule has 6 nitrogen and oxygen atoms in total. The van der Waals surface area contributed by atoms with Crippen molar-refractivity contribution >= 4 is 23.1 Å². The molecular formula is C29H36N6. The fourth-order valence-corrected chi connectivity index (χ4v) is 7.74. The zero-order valence-electron chi connectivity index (χ0n) is 20.9. The number of hydrogen-bond acceptors (Lipinski definition) is 6.